The molecule has 2 aromatic carbocycles. The van der Waals surface area contributed by atoms with Crippen LogP contribution in [0.15, 0.2) is 84.0 Å². The Balaban J connectivity index is 1.92. The summed E-state index contributed by atoms with van der Waals surface area (Å²) < 4.78 is 12.2. The largest absolute Gasteiger partial charge is 0.324 e. The number of nitrogens with one attached hydrogen (secondary N) is 1. The van der Waals surface area contributed by atoms with Gasteiger partial charge in [0, 0.05) is 23.8 Å². The molecule has 0 aliphatic rings. The molecule has 0 radical (unpaired) electrons. The van der Waals surface area contributed by atoms with E-state index >= 15 is 0 Å². The van der Waals surface area contributed by atoms with Crippen molar-refractivity contribution < 1.29 is 9.00 Å². The van der Waals surface area contributed by atoms with Crippen molar-refractivity contribution in [2.24, 2.45) is 0 Å². The van der Waals surface area contributed by atoms with Crippen molar-refractivity contribution in [2.75, 3.05) is 11.6 Å². The molecule has 0 saturated heterocycles. The van der Waals surface area contributed by atoms with E-state index in [0.717, 1.165) is 27.2 Å². The number of aromatic nitrogens is 1. The molecule has 0 spiro atoms. The van der Waals surface area contributed by atoms with E-state index in [2.05, 4.69) is 10.3 Å². The summed E-state index contributed by atoms with van der Waals surface area (Å²) >= 11 is 0. The predicted molar refractivity (Wildman–Crippen MR) is 115 cm³/mol. The van der Waals surface area contributed by atoms with E-state index < -0.39 is 10.8 Å². The maximum Gasteiger partial charge on any atom is 0.228 e. The van der Waals surface area contributed by atoms with Crippen LogP contribution >= 0.6 is 0 Å². The lowest BCUT2D eigenvalue weighted by atomic mass is 9.96. The van der Waals surface area contributed by atoms with Crippen molar-refractivity contribution in [3.05, 3.63) is 95.8 Å². The number of hydrogen-bond acceptors (Lipinski definition) is 3. The first-order chi connectivity index (χ1) is 13.5. The Morgan fingerprint density at radius 3 is 2.50 bits per heavy atom. The van der Waals surface area contributed by atoms with Gasteiger partial charge in [0.1, 0.15) is 0 Å². The molecule has 0 bridgehead atoms. The first-order valence-electron chi connectivity index (χ1n) is 8.94. The van der Waals surface area contributed by atoms with E-state index in [4.69, 9.17) is 0 Å². The molecule has 1 unspecified atom stereocenters. The van der Waals surface area contributed by atoms with Gasteiger partial charge in [0.2, 0.25) is 5.91 Å². The molecule has 0 saturated carbocycles. The van der Waals surface area contributed by atoms with Crippen LogP contribution < -0.4 is 5.32 Å². The molecule has 0 aliphatic carbocycles. The topological polar surface area (TPSA) is 59.1 Å². The minimum atomic E-state index is -1.13. The predicted octanol–water partition coefficient (Wildman–Crippen LogP) is 4.59. The summed E-state index contributed by atoms with van der Waals surface area (Å²) in [5, 5.41) is 2.87. The molecule has 0 aliphatic heterocycles. The van der Waals surface area contributed by atoms with Crippen LogP contribution in [-0.4, -0.2) is 21.4 Å². The second-order valence-corrected chi connectivity index (χ2v) is 7.79. The Morgan fingerprint density at radius 2 is 1.79 bits per heavy atom. The fourth-order valence-electron chi connectivity index (χ4n) is 2.97. The molecule has 1 aromatic heterocycles. The molecule has 3 rings (SSSR count). The molecule has 4 nitrogen and oxygen atoms in total. The first-order valence-corrected chi connectivity index (χ1v) is 10.5. The average Bonchev–Trinajstić information content (AvgIpc) is 2.69. The first kappa shape index (κ1) is 19.7. The molecule has 3 aromatic rings. The zero-order chi connectivity index (χ0) is 19.9. The van der Waals surface area contributed by atoms with Gasteiger partial charge < -0.3 is 5.32 Å². The highest BCUT2D eigenvalue weighted by molar-refractivity contribution is 7.84. The number of aryl methyl sites for hydroxylation is 1. The SMILES string of the molecule is Cc1cncc(NC(=O)C/C=C(\c2ccccc2)c2ccccc2S(C)=O)c1. The van der Waals surface area contributed by atoms with Crippen LogP contribution in [0.1, 0.15) is 23.1 Å². The number of benzene rings is 2. The van der Waals surface area contributed by atoms with Gasteiger partial charge in [0.05, 0.1) is 22.7 Å². The Morgan fingerprint density at radius 1 is 1.07 bits per heavy atom. The second kappa shape index (κ2) is 9.24. The summed E-state index contributed by atoms with van der Waals surface area (Å²) in [5.41, 5.74) is 4.40. The Kier molecular flexibility index (Phi) is 6.50. The van der Waals surface area contributed by atoms with Crippen molar-refractivity contribution in [2.45, 2.75) is 18.2 Å². The Hall–Kier alpha value is -3.05. The van der Waals surface area contributed by atoms with E-state index in [-0.39, 0.29) is 12.3 Å². The van der Waals surface area contributed by atoms with Crippen LogP contribution in [0.5, 0.6) is 0 Å². The van der Waals surface area contributed by atoms with Gasteiger partial charge in [-0.25, -0.2) is 0 Å². The van der Waals surface area contributed by atoms with Gasteiger partial charge in [0.25, 0.3) is 0 Å². The molecule has 0 fully saturated rings. The minimum absolute atomic E-state index is 0.129. The quantitative estimate of drug-likeness (QED) is 0.670. The molecule has 1 amide bonds. The van der Waals surface area contributed by atoms with Crippen LogP contribution in [0.3, 0.4) is 0 Å². The third kappa shape index (κ3) is 5.02. The third-order valence-corrected chi connectivity index (χ3v) is 5.20. The lowest BCUT2D eigenvalue weighted by Gasteiger charge is -2.13. The fraction of sp³-hybridized carbons (Fsp3) is 0.130. The number of anilines is 1. The number of carbonyl (C=O) groups excluding carboxylic acids is 1. The van der Waals surface area contributed by atoms with Gasteiger partial charge in [-0.3, -0.25) is 14.0 Å². The zero-order valence-corrected chi connectivity index (χ0v) is 16.7. The number of amides is 1. The molecule has 142 valence electrons. The lowest BCUT2D eigenvalue weighted by molar-refractivity contribution is -0.115. The summed E-state index contributed by atoms with van der Waals surface area (Å²) in [7, 11) is -1.13. The maximum atomic E-state index is 12.5. The standard InChI is InChI=1S/C23H22N2O2S/c1-17-14-19(16-24-15-17)25-23(26)13-12-20(18-8-4-3-5-9-18)21-10-6-7-11-22(21)28(2)27/h3-12,14-16H,13H2,1-2H3,(H,25,26)/b20-12+. The van der Waals surface area contributed by atoms with Crippen LogP contribution in [0, 0.1) is 6.92 Å². The zero-order valence-electron chi connectivity index (χ0n) is 15.9. The van der Waals surface area contributed by atoms with Gasteiger partial charge in [-0.1, -0.05) is 54.6 Å². The molecule has 1 N–H and O–H groups in total. The van der Waals surface area contributed by atoms with Crippen molar-refractivity contribution in [1.29, 1.82) is 0 Å². The van der Waals surface area contributed by atoms with Crippen LogP contribution in [0.25, 0.3) is 5.57 Å². The number of nitrogens with zero attached hydrogens (tertiary/aromatic N) is 1. The van der Waals surface area contributed by atoms with Crippen molar-refractivity contribution >= 4 is 28.0 Å². The Labute approximate surface area is 167 Å². The highest BCUT2D eigenvalue weighted by Gasteiger charge is 2.13. The summed E-state index contributed by atoms with van der Waals surface area (Å²) in [6.07, 6.45) is 7.12. The number of carbonyl (C=O) groups is 1. The van der Waals surface area contributed by atoms with Crippen molar-refractivity contribution in [3.8, 4) is 0 Å². The van der Waals surface area contributed by atoms with E-state index in [1.54, 1.807) is 18.6 Å². The molecular formula is C23H22N2O2S. The van der Waals surface area contributed by atoms with Gasteiger partial charge in [0.15, 0.2) is 0 Å². The van der Waals surface area contributed by atoms with Crippen LogP contribution in [0.2, 0.25) is 0 Å². The minimum Gasteiger partial charge on any atom is -0.324 e. The molecule has 28 heavy (non-hydrogen) atoms. The average molecular weight is 391 g/mol. The summed E-state index contributed by atoms with van der Waals surface area (Å²) in [6.45, 7) is 1.93. The molecule has 1 atom stereocenters. The number of hydrogen-bond donors (Lipinski definition) is 1. The van der Waals surface area contributed by atoms with E-state index in [1.165, 1.54) is 0 Å². The molecular weight excluding hydrogens is 368 g/mol. The highest BCUT2D eigenvalue weighted by atomic mass is 32.2. The van der Waals surface area contributed by atoms with Gasteiger partial charge >= 0.3 is 0 Å². The van der Waals surface area contributed by atoms with Crippen LogP contribution in [0.4, 0.5) is 5.69 Å². The molecule has 5 heteroatoms. The van der Waals surface area contributed by atoms with E-state index in [0.29, 0.717) is 5.69 Å². The van der Waals surface area contributed by atoms with Gasteiger partial charge in [-0.05, 0) is 41.3 Å². The Bertz CT molecular complexity index is 1030. The third-order valence-electron chi connectivity index (χ3n) is 4.22. The fourth-order valence-corrected chi connectivity index (χ4v) is 3.73. The van der Waals surface area contributed by atoms with Crippen LogP contribution in [-0.2, 0) is 15.6 Å². The monoisotopic (exact) mass is 390 g/mol. The van der Waals surface area contributed by atoms with Crippen molar-refractivity contribution in [3.63, 3.8) is 0 Å². The van der Waals surface area contributed by atoms with E-state index in [9.17, 15) is 9.00 Å². The normalized spacial score (nSPS) is 12.4. The number of rotatable bonds is 6. The second-order valence-electron chi connectivity index (χ2n) is 6.44. The smallest absolute Gasteiger partial charge is 0.228 e. The summed E-state index contributed by atoms with van der Waals surface area (Å²) in [4.78, 5) is 17.3. The number of pyridine rings is 1. The summed E-state index contributed by atoms with van der Waals surface area (Å²) in [6, 6.07) is 19.3. The summed E-state index contributed by atoms with van der Waals surface area (Å²) in [5.74, 6) is -0.129. The van der Waals surface area contributed by atoms with Gasteiger partial charge in [-0.2, -0.15) is 0 Å². The van der Waals surface area contributed by atoms with Gasteiger partial charge in [-0.15, -0.1) is 0 Å². The van der Waals surface area contributed by atoms with Crippen molar-refractivity contribution in [1.82, 2.24) is 4.98 Å². The lowest BCUT2D eigenvalue weighted by Crippen LogP contribution is -2.10. The van der Waals surface area contributed by atoms with E-state index in [1.807, 2.05) is 73.7 Å². The maximum absolute atomic E-state index is 12.5. The highest BCUT2D eigenvalue weighted by Crippen LogP contribution is 2.28. The molecule has 1 heterocycles.